The summed E-state index contributed by atoms with van der Waals surface area (Å²) in [5.74, 6) is -1.13. The van der Waals surface area contributed by atoms with Crippen LogP contribution in [-0.2, 0) is 16.1 Å². The van der Waals surface area contributed by atoms with E-state index in [2.05, 4.69) is 16.4 Å². The molecule has 2 heterocycles. The maximum Gasteiger partial charge on any atom is 0.326 e. The van der Waals surface area contributed by atoms with Gasteiger partial charge >= 0.3 is 5.97 Å². The van der Waals surface area contributed by atoms with Crippen molar-refractivity contribution in [1.29, 1.82) is 0 Å². The van der Waals surface area contributed by atoms with Gasteiger partial charge in [0.1, 0.15) is 12.6 Å². The quantitative estimate of drug-likeness (QED) is 0.673. The van der Waals surface area contributed by atoms with Crippen LogP contribution in [-0.4, -0.2) is 32.6 Å². The molecule has 0 unspecified atom stereocenters. The second-order valence-electron chi connectivity index (χ2n) is 7.05. The number of rotatable bonds is 7. The number of aliphatic carboxylic acids is 1. The average Bonchev–Trinajstić information content (AvgIpc) is 3.03. The molecule has 6 heteroatoms. The molecule has 27 heavy (non-hydrogen) atoms. The van der Waals surface area contributed by atoms with Crippen LogP contribution in [0.1, 0.15) is 20.3 Å². The van der Waals surface area contributed by atoms with E-state index in [0.29, 0.717) is 6.42 Å². The maximum absolute atomic E-state index is 12.3. The SMILES string of the molecule is CC(C)C[C@H](NC(=O)Cn1ccc2cc(-c3cccnc3)ccc21)C(=O)O. The summed E-state index contributed by atoms with van der Waals surface area (Å²) in [7, 11) is 0. The number of carboxylic acid groups (broad SMARTS) is 1. The van der Waals surface area contributed by atoms with Gasteiger partial charge in [0.05, 0.1) is 0 Å². The third-order valence-electron chi connectivity index (χ3n) is 4.42. The molecule has 2 N–H and O–H groups in total. The number of amides is 1. The molecule has 0 aliphatic rings. The highest BCUT2D eigenvalue weighted by Gasteiger charge is 2.21. The molecule has 0 saturated heterocycles. The average molecular weight is 365 g/mol. The lowest BCUT2D eigenvalue weighted by atomic mass is 10.0. The predicted molar refractivity (Wildman–Crippen MR) is 104 cm³/mol. The molecule has 1 amide bonds. The van der Waals surface area contributed by atoms with Crippen molar-refractivity contribution in [2.75, 3.05) is 0 Å². The Labute approximate surface area is 157 Å². The topological polar surface area (TPSA) is 84.2 Å². The number of carbonyl (C=O) groups excluding carboxylic acids is 1. The van der Waals surface area contributed by atoms with Gasteiger partial charge in [-0.2, -0.15) is 0 Å². The first-order valence-corrected chi connectivity index (χ1v) is 8.95. The fourth-order valence-electron chi connectivity index (χ4n) is 3.14. The van der Waals surface area contributed by atoms with Crippen LogP contribution in [0.25, 0.3) is 22.0 Å². The van der Waals surface area contributed by atoms with Crippen molar-refractivity contribution < 1.29 is 14.7 Å². The summed E-state index contributed by atoms with van der Waals surface area (Å²) in [6.07, 6.45) is 5.80. The van der Waals surface area contributed by atoms with Crippen molar-refractivity contribution in [2.45, 2.75) is 32.9 Å². The first kappa shape index (κ1) is 18.6. The molecule has 3 rings (SSSR count). The number of fused-ring (bicyclic) bond motifs is 1. The number of pyridine rings is 1. The van der Waals surface area contributed by atoms with E-state index in [-0.39, 0.29) is 18.4 Å². The number of nitrogens with one attached hydrogen (secondary N) is 1. The van der Waals surface area contributed by atoms with Gasteiger partial charge in [-0.25, -0.2) is 4.79 Å². The van der Waals surface area contributed by atoms with E-state index in [1.165, 1.54) is 0 Å². The summed E-state index contributed by atoms with van der Waals surface area (Å²) in [5, 5.41) is 12.9. The van der Waals surface area contributed by atoms with Gasteiger partial charge in [-0.15, -0.1) is 0 Å². The van der Waals surface area contributed by atoms with Crippen LogP contribution in [0.5, 0.6) is 0 Å². The van der Waals surface area contributed by atoms with Crippen molar-refractivity contribution in [3.8, 4) is 11.1 Å². The molecule has 2 aromatic heterocycles. The van der Waals surface area contributed by atoms with Crippen LogP contribution in [0.3, 0.4) is 0 Å². The molecule has 0 spiro atoms. The lowest BCUT2D eigenvalue weighted by Gasteiger charge is -2.17. The molecule has 0 saturated carbocycles. The van der Waals surface area contributed by atoms with Gasteiger partial charge in [-0.3, -0.25) is 9.78 Å². The molecule has 1 atom stereocenters. The Balaban J connectivity index is 1.75. The summed E-state index contributed by atoms with van der Waals surface area (Å²) < 4.78 is 1.83. The second-order valence-corrected chi connectivity index (χ2v) is 7.05. The first-order valence-electron chi connectivity index (χ1n) is 8.95. The monoisotopic (exact) mass is 365 g/mol. The molecule has 0 radical (unpaired) electrons. The lowest BCUT2D eigenvalue weighted by molar-refractivity contribution is -0.142. The molecule has 0 bridgehead atoms. The Morgan fingerprint density at radius 3 is 2.67 bits per heavy atom. The van der Waals surface area contributed by atoms with Crippen LogP contribution >= 0.6 is 0 Å². The molecule has 6 nitrogen and oxygen atoms in total. The van der Waals surface area contributed by atoms with Gasteiger partial charge in [0.15, 0.2) is 0 Å². The van der Waals surface area contributed by atoms with E-state index in [0.717, 1.165) is 22.0 Å². The number of hydrogen-bond donors (Lipinski definition) is 2. The van der Waals surface area contributed by atoms with Gasteiger partial charge in [0.2, 0.25) is 5.91 Å². The highest BCUT2D eigenvalue weighted by molar-refractivity contribution is 5.88. The van der Waals surface area contributed by atoms with Gasteiger partial charge in [0.25, 0.3) is 0 Å². The lowest BCUT2D eigenvalue weighted by Crippen LogP contribution is -2.43. The van der Waals surface area contributed by atoms with E-state index in [1.54, 1.807) is 6.20 Å². The van der Waals surface area contributed by atoms with E-state index < -0.39 is 12.0 Å². The summed E-state index contributed by atoms with van der Waals surface area (Å²) in [6, 6.07) is 11.0. The van der Waals surface area contributed by atoms with Gasteiger partial charge in [0, 0.05) is 35.1 Å². The summed E-state index contributed by atoms with van der Waals surface area (Å²) >= 11 is 0. The molecule has 140 valence electrons. The smallest absolute Gasteiger partial charge is 0.326 e. The van der Waals surface area contributed by atoms with E-state index in [9.17, 15) is 14.7 Å². The summed E-state index contributed by atoms with van der Waals surface area (Å²) in [6.45, 7) is 3.94. The maximum atomic E-state index is 12.3. The second kappa shape index (κ2) is 8.03. The molecule has 1 aromatic carbocycles. The zero-order valence-electron chi connectivity index (χ0n) is 15.4. The van der Waals surface area contributed by atoms with E-state index in [1.807, 2.05) is 61.1 Å². The Morgan fingerprint density at radius 2 is 2.00 bits per heavy atom. The van der Waals surface area contributed by atoms with E-state index >= 15 is 0 Å². The fourth-order valence-corrected chi connectivity index (χ4v) is 3.14. The highest BCUT2D eigenvalue weighted by Crippen LogP contribution is 2.24. The minimum absolute atomic E-state index is 0.0810. The Morgan fingerprint density at radius 1 is 1.19 bits per heavy atom. The Bertz CT molecular complexity index is 948. The minimum atomic E-state index is -1.00. The van der Waals surface area contributed by atoms with Crippen LogP contribution in [0.15, 0.2) is 55.0 Å². The Hall–Kier alpha value is -3.15. The minimum Gasteiger partial charge on any atom is -0.480 e. The molecule has 0 aliphatic heterocycles. The molecular weight excluding hydrogens is 342 g/mol. The first-order chi connectivity index (χ1) is 12.9. The van der Waals surface area contributed by atoms with Crippen molar-refractivity contribution in [3.63, 3.8) is 0 Å². The predicted octanol–water partition coefficient (Wildman–Crippen LogP) is 3.32. The van der Waals surface area contributed by atoms with Crippen molar-refractivity contribution in [2.24, 2.45) is 5.92 Å². The van der Waals surface area contributed by atoms with Gasteiger partial charge < -0.3 is 15.0 Å². The van der Waals surface area contributed by atoms with Crippen LogP contribution in [0.4, 0.5) is 0 Å². The molecule has 0 fully saturated rings. The normalized spacial score (nSPS) is 12.3. The number of nitrogens with zero attached hydrogens (tertiary/aromatic N) is 2. The highest BCUT2D eigenvalue weighted by atomic mass is 16.4. The molecule has 0 aliphatic carbocycles. The van der Waals surface area contributed by atoms with Crippen molar-refractivity contribution in [3.05, 3.63) is 55.0 Å². The van der Waals surface area contributed by atoms with Gasteiger partial charge in [-0.05, 0) is 42.2 Å². The van der Waals surface area contributed by atoms with Crippen LogP contribution in [0, 0.1) is 5.92 Å². The number of carboxylic acids is 1. The largest absolute Gasteiger partial charge is 0.480 e. The summed E-state index contributed by atoms with van der Waals surface area (Å²) in [4.78, 5) is 27.8. The van der Waals surface area contributed by atoms with Gasteiger partial charge in [-0.1, -0.05) is 26.0 Å². The van der Waals surface area contributed by atoms with Crippen molar-refractivity contribution in [1.82, 2.24) is 14.9 Å². The van der Waals surface area contributed by atoms with Crippen LogP contribution in [0.2, 0.25) is 0 Å². The zero-order chi connectivity index (χ0) is 19.4. The van der Waals surface area contributed by atoms with Crippen LogP contribution < -0.4 is 5.32 Å². The fraction of sp³-hybridized carbons (Fsp3) is 0.286. The van der Waals surface area contributed by atoms with Crippen molar-refractivity contribution >= 4 is 22.8 Å². The van der Waals surface area contributed by atoms with E-state index in [4.69, 9.17) is 0 Å². The Kier molecular flexibility index (Phi) is 5.54. The summed E-state index contributed by atoms with van der Waals surface area (Å²) in [5.41, 5.74) is 3.01. The number of carbonyl (C=O) groups is 2. The standard InChI is InChI=1S/C21H23N3O3/c1-14(2)10-18(21(26)27)23-20(25)13-24-9-7-16-11-15(5-6-19(16)24)17-4-3-8-22-12-17/h3-9,11-12,14,18H,10,13H2,1-2H3,(H,23,25)(H,26,27)/t18-/m0/s1. The number of hydrogen-bond acceptors (Lipinski definition) is 3. The third kappa shape index (κ3) is 4.53. The zero-order valence-corrected chi connectivity index (χ0v) is 15.4. The number of benzene rings is 1. The molecule has 3 aromatic rings. The number of aromatic nitrogens is 2. The third-order valence-corrected chi connectivity index (χ3v) is 4.42. The molecular formula is C21H23N3O3.